The number of nitrogens with one attached hydrogen (secondary N) is 1. The molecule has 3 N–H and O–H groups in total. The molecule has 0 unspecified atom stereocenters. The first-order valence-corrected chi connectivity index (χ1v) is 10.6. The molecular weight excluding hydrogens is 410 g/mol. The molecule has 7 nitrogen and oxygen atoms in total. The van der Waals surface area contributed by atoms with Crippen molar-refractivity contribution in [3.63, 3.8) is 0 Å². The quantitative estimate of drug-likeness (QED) is 0.480. The van der Waals surface area contributed by atoms with Crippen LogP contribution >= 0.6 is 11.6 Å². The monoisotopic (exact) mass is 429 g/mol. The van der Waals surface area contributed by atoms with E-state index in [2.05, 4.69) is 20.3 Å². The molecule has 29 heavy (non-hydrogen) atoms. The molecule has 0 aliphatic carbocycles. The Kier molecular flexibility index (Phi) is 5.86. The molecule has 3 aromatic rings. The number of halogens is 1. The van der Waals surface area contributed by atoms with Gasteiger partial charge in [-0.1, -0.05) is 29.3 Å². The molecule has 0 fully saturated rings. The zero-order chi connectivity index (χ0) is 21.2. The summed E-state index contributed by atoms with van der Waals surface area (Å²) in [5.41, 5.74) is 8.68. The van der Waals surface area contributed by atoms with Gasteiger partial charge in [0.2, 0.25) is 15.8 Å². The Morgan fingerprint density at radius 3 is 2.24 bits per heavy atom. The van der Waals surface area contributed by atoms with Crippen LogP contribution in [0.4, 0.5) is 11.6 Å². The summed E-state index contributed by atoms with van der Waals surface area (Å²) in [6.45, 7) is 5.53. The van der Waals surface area contributed by atoms with E-state index in [0.717, 1.165) is 17.0 Å². The minimum absolute atomic E-state index is 0.00616. The number of guanidine groups is 1. The lowest BCUT2D eigenvalue weighted by Gasteiger charge is -2.13. The third kappa shape index (κ3) is 4.90. The van der Waals surface area contributed by atoms with Crippen molar-refractivity contribution in [2.45, 2.75) is 30.6 Å². The molecule has 3 rings (SSSR count). The van der Waals surface area contributed by atoms with E-state index in [4.69, 9.17) is 17.3 Å². The van der Waals surface area contributed by atoms with Gasteiger partial charge in [-0.3, -0.25) is 0 Å². The van der Waals surface area contributed by atoms with Crippen molar-refractivity contribution in [1.82, 2.24) is 9.97 Å². The molecule has 9 heteroatoms. The van der Waals surface area contributed by atoms with E-state index in [-0.39, 0.29) is 32.4 Å². The van der Waals surface area contributed by atoms with Crippen molar-refractivity contribution in [3.05, 3.63) is 70.5 Å². The molecule has 0 amide bonds. The molecule has 0 radical (unpaired) electrons. The molecule has 0 saturated carbocycles. The van der Waals surface area contributed by atoms with Gasteiger partial charge in [-0.15, -0.1) is 0 Å². The molecule has 0 spiro atoms. The van der Waals surface area contributed by atoms with Crippen LogP contribution in [0.5, 0.6) is 0 Å². The Morgan fingerprint density at radius 2 is 1.62 bits per heavy atom. The van der Waals surface area contributed by atoms with Crippen LogP contribution in [0.15, 0.2) is 63.3 Å². The topological polar surface area (TPSA) is 110 Å². The van der Waals surface area contributed by atoms with Gasteiger partial charge in [-0.05, 0) is 57.2 Å². The van der Waals surface area contributed by atoms with E-state index in [0.29, 0.717) is 0 Å². The van der Waals surface area contributed by atoms with Crippen molar-refractivity contribution in [1.29, 1.82) is 0 Å². The van der Waals surface area contributed by atoms with Crippen molar-refractivity contribution < 1.29 is 8.42 Å². The molecule has 0 bridgehead atoms. The maximum Gasteiger partial charge on any atom is 0.253 e. The number of rotatable bonds is 4. The summed E-state index contributed by atoms with van der Waals surface area (Å²) in [5.74, 6) is 0.141. The highest BCUT2D eigenvalue weighted by atomic mass is 35.5. The van der Waals surface area contributed by atoms with Crippen LogP contribution in [-0.2, 0) is 9.84 Å². The van der Waals surface area contributed by atoms with Crippen LogP contribution in [0.25, 0.3) is 0 Å². The predicted molar refractivity (Wildman–Crippen MR) is 114 cm³/mol. The molecule has 1 aromatic heterocycles. The van der Waals surface area contributed by atoms with Gasteiger partial charge in [-0.25, -0.2) is 18.4 Å². The standard InChI is InChI=1S/C20H20ClN5O2S/c1-12-4-7-16(8-5-12)29(27,28)18-11-15(21)6-9-17(18)25-19(22)26-20-23-13(2)10-14(3)24-20/h4-11H,1-3H3,(H3,22,23,24,25,26). The van der Waals surface area contributed by atoms with Gasteiger partial charge < -0.3 is 11.1 Å². The Balaban J connectivity index is 2.01. The SMILES string of the molecule is Cc1ccc(S(=O)(=O)c2cc(Cl)ccc2N/C(N)=N/c2nc(C)cc(C)n2)cc1. The van der Waals surface area contributed by atoms with Crippen molar-refractivity contribution >= 4 is 39.0 Å². The van der Waals surface area contributed by atoms with E-state index < -0.39 is 9.84 Å². The largest absolute Gasteiger partial charge is 0.369 e. The summed E-state index contributed by atoms with van der Waals surface area (Å²) in [6, 6.07) is 12.9. The summed E-state index contributed by atoms with van der Waals surface area (Å²) in [4.78, 5) is 12.7. The zero-order valence-corrected chi connectivity index (χ0v) is 17.7. The Morgan fingerprint density at radius 1 is 1.00 bits per heavy atom. The fraction of sp³-hybridized carbons (Fsp3) is 0.150. The number of benzene rings is 2. The molecule has 0 atom stereocenters. The van der Waals surface area contributed by atoms with Crippen LogP contribution < -0.4 is 11.1 Å². The Labute approximate surface area is 174 Å². The molecule has 0 aliphatic rings. The van der Waals surface area contributed by atoms with E-state index in [1.54, 1.807) is 30.3 Å². The lowest BCUT2D eigenvalue weighted by atomic mass is 10.2. The number of sulfone groups is 1. The smallest absolute Gasteiger partial charge is 0.253 e. The Bertz CT molecular complexity index is 1170. The number of aliphatic imine (C=N–C) groups is 1. The second kappa shape index (κ2) is 8.18. The number of hydrogen-bond acceptors (Lipinski definition) is 5. The van der Waals surface area contributed by atoms with Gasteiger partial charge >= 0.3 is 0 Å². The summed E-state index contributed by atoms with van der Waals surface area (Å²) >= 11 is 6.06. The lowest BCUT2D eigenvalue weighted by molar-refractivity contribution is 0.596. The van der Waals surface area contributed by atoms with Crippen LogP contribution in [0.2, 0.25) is 5.02 Å². The lowest BCUT2D eigenvalue weighted by Crippen LogP contribution is -2.23. The summed E-state index contributed by atoms with van der Waals surface area (Å²) < 4.78 is 26.3. The third-order valence-corrected chi connectivity index (χ3v) is 6.06. The van der Waals surface area contributed by atoms with Gasteiger partial charge in [0.05, 0.1) is 15.5 Å². The third-order valence-electron chi connectivity index (χ3n) is 4.02. The fourth-order valence-corrected chi connectivity index (χ4v) is 4.37. The first-order valence-electron chi connectivity index (χ1n) is 8.70. The summed E-state index contributed by atoms with van der Waals surface area (Å²) in [7, 11) is -3.83. The second-order valence-electron chi connectivity index (χ2n) is 6.53. The zero-order valence-electron chi connectivity index (χ0n) is 16.1. The second-order valence-corrected chi connectivity index (χ2v) is 8.88. The van der Waals surface area contributed by atoms with Crippen molar-refractivity contribution in [2.75, 3.05) is 5.32 Å². The molecular formula is C20H20ClN5O2S. The van der Waals surface area contributed by atoms with Crippen LogP contribution in [0.3, 0.4) is 0 Å². The van der Waals surface area contributed by atoms with Gasteiger partial charge in [0.15, 0.2) is 0 Å². The molecule has 2 aromatic carbocycles. The average Bonchev–Trinajstić information content (AvgIpc) is 2.62. The maximum absolute atomic E-state index is 13.1. The maximum atomic E-state index is 13.1. The molecule has 0 aliphatic heterocycles. The van der Waals surface area contributed by atoms with E-state index in [9.17, 15) is 8.42 Å². The fourth-order valence-electron chi connectivity index (χ4n) is 2.70. The highest BCUT2D eigenvalue weighted by Gasteiger charge is 2.22. The number of hydrogen-bond donors (Lipinski definition) is 2. The summed E-state index contributed by atoms with van der Waals surface area (Å²) in [6.07, 6.45) is 0. The average molecular weight is 430 g/mol. The number of anilines is 1. The highest BCUT2D eigenvalue weighted by molar-refractivity contribution is 7.91. The van der Waals surface area contributed by atoms with Crippen molar-refractivity contribution in [2.24, 2.45) is 10.7 Å². The first-order chi connectivity index (χ1) is 13.6. The van der Waals surface area contributed by atoms with E-state index in [1.807, 2.05) is 26.8 Å². The molecule has 150 valence electrons. The number of nitrogens with two attached hydrogens (primary N) is 1. The van der Waals surface area contributed by atoms with Gasteiger partial charge in [0.1, 0.15) is 0 Å². The van der Waals surface area contributed by atoms with Crippen LogP contribution in [-0.4, -0.2) is 24.3 Å². The van der Waals surface area contributed by atoms with Gasteiger partial charge in [-0.2, -0.15) is 4.99 Å². The summed E-state index contributed by atoms with van der Waals surface area (Å²) in [5, 5.41) is 3.11. The molecule has 0 saturated heterocycles. The minimum Gasteiger partial charge on any atom is -0.369 e. The van der Waals surface area contributed by atoms with Crippen LogP contribution in [0, 0.1) is 20.8 Å². The first kappa shape index (κ1) is 20.8. The van der Waals surface area contributed by atoms with Gasteiger partial charge in [0, 0.05) is 16.4 Å². The predicted octanol–water partition coefficient (Wildman–Crippen LogP) is 3.95. The molecule has 1 heterocycles. The number of nitrogens with zero attached hydrogens (tertiary/aromatic N) is 3. The van der Waals surface area contributed by atoms with Gasteiger partial charge in [0.25, 0.3) is 5.95 Å². The van der Waals surface area contributed by atoms with E-state index >= 15 is 0 Å². The highest BCUT2D eigenvalue weighted by Crippen LogP contribution is 2.30. The normalized spacial score (nSPS) is 12.1. The Hall–Kier alpha value is -2.97. The van der Waals surface area contributed by atoms with Crippen LogP contribution in [0.1, 0.15) is 17.0 Å². The van der Waals surface area contributed by atoms with E-state index in [1.165, 1.54) is 12.1 Å². The number of aryl methyl sites for hydroxylation is 3. The number of aromatic nitrogens is 2. The van der Waals surface area contributed by atoms with Crippen molar-refractivity contribution in [3.8, 4) is 0 Å². The minimum atomic E-state index is -3.83.